The lowest BCUT2D eigenvalue weighted by Crippen LogP contribution is -2.15. The summed E-state index contributed by atoms with van der Waals surface area (Å²) in [6.07, 6.45) is 0. The number of hydrogen-bond acceptors (Lipinski definition) is 3. The Labute approximate surface area is 137 Å². The second-order valence-corrected chi connectivity index (χ2v) is 7.57. The van der Waals surface area contributed by atoms with Crippen molar-refractivity contribution in [2.24, 2.45) is 0 Å². The summed E-state index contributed by atoms with van der Waals surface area (Å²) in [6, 6.07) is 8.17. The first-order valence-corrected chi connectivity index (χ1v) is 8.71. The minimum atomic E-state index is -3.73. The van der Waals surface area contributed by atoms with Crippen LogP contribution in [0.2, 0.25) is 5.02 Å². The monoisotopic (exact) mass is 388 g/mol. The maximum Gasteiger partial charge on any atom is 0.262 e. The third kappa shape index (κ3) is 3.33. The smallest absolute Gasteiger partial charge is 0.262 e. The van der Waals surface area contributed by atoms with E-state index in [2.05, 4.69) is 20.7 Å². The van der Waals surface area contributed by atoms with Crippen LogP contribution in [0.15, 0.2) is 39.7 Å². The highest BCUT2D eigenvalue weighted by Gasteiger charge is 2.19. The Morgan fingerprint density at radius 1 is 1.24 bits per heavy atom. The Bertz CT molecular complexity index is 807. The summed E-state index contributed by atoms with van der Waals surface area (Å²) >= 11 is 9.28. The summed E-state index contributed by atoms with van der Waals surface area (Å²) in [5, 5.41) is 0.502. The van der Waals surface area contributed by atoms with Crippen molar-refractivity contribution in [2.45, 2.75) is 18.7 Å². The van der Waals surface area contributed by atoms with Crippen LogP contribution >= 0.6 is 27.5 Å². The lowest BCUT2D eigenvalue weighted by molar-refractivity contribution is 0.600. The molecule has 0 radical (unpaired) electrons. The minimum absolute atomic E-state index is 0.141. The number of aryl methyl sites for hydroxylation is 1. The first-order valence-electron chi connectivity index (χ1n) is 6.06. The van der Waals surface area contributed by atoms with E-state index >= 15 is 0 Å². The fourth-order valence-corrected chi connectivity index (χ4v) is 3.89. The fraction of sp³-hybridized carbons (Fsp3) is 0.143. The molecule has 0 unspecified atom stereocenters. The molecule has 4 nitrogen and oxygen atoms in total. The number of hydrogen-bond donors (Lipinski definition) is 2. The van der Waals surface area contributed by atoms with Gasteiger partial charge in [-0.25, -0.2) is 8.42 Å². The van der Waals surface area contributed by atoms with Crippen molar-refractivity contribution in [2.75, 3.05) is 10.5 Å². The van der Waals surface area contributed by atoms with Crippen LogP contribution in [0.5, 0.6) is 0 Å². The minimum Gasteiger partial charge on any atom is -0.398 e. The van der Waals surface area contributed by atoms with E-state index in [-0.39, 0.29) is 4.90 Å². The van der Waals surface area contributed by atoms with Gasteiger partial charge in [-0.15, -0.1) is 0 Å². The summed E-state index contributed by atoms with van der Waals surface area (Å²) in [5.74, 6) is 0. The number of anilines is 2. The van der Waals surface area contributed by atoms with Gasteiger partial charge in [-0.05, 0) is 65.2 Å². The van der Waals surface area contributed by atoms with Crippen LogP contribution in [0.3, 0.4) is 0 Å². The van der Waals surface area contributed by atoms with Crippen LogP contribution in [-0.2, 0) is 10.0 Å². The summed E-state index contributed by atoms with van der Waals surface area (Å²) in [7, 11) is -3.73. The standard InChI is InChI=1S/C14H14BrClN2O2S/c1-8-6-10(15)12(17)7-14(8)21(19,20)18-13-5-3-4-11(16)9(13)2/h3-7,18H,17H2,1-2H3. The average molecular weight is 390 g/mol. The van der Waals surface area contributed by atoms with E-state index in [1.165, 1.54) is 6.07 Å². The molecule has 0 spiro atoms. The molecule has 112 valence electrons. The van der Waals surface area contributed by atoms with Crippen LogP contribution in [0.4, 0.5) is 11.4 Å². The van der Waals surface area contributed by atoms with Gasteiger partial charge in [0, 0.05) is 15.2 Å². The van der Waals surface area contributed by atoms with Crippen molar-refractivity contribution in [3.63, 3.8) is 0 Å². The van der Waals surface area contributed by atoms with Crippen LogP contribution in [0, 0.1) is 13.8 Å². The number of nitrogen functional groups attached to an aromatic ring is 1. The van der Waals surface area contributed by atoms with Crippen LogP contribution < -0.4 is 10.5 Å². The van der Waals surface area contributed by atoms with E-state index in [1.54, 1.807) is 38.1 Å². The maximum absolute atomic E-state index is 12.5. The van der Waals surface area contributed by atoms with Crippen LogP contribution in [0.25, 0.3) is 0 Å². The zero-order valence-electron chi connectivity index (χ0n) is 11.4. The molecule has 0 atom stereocenters. The quantitative estimate of drug-likeness (QED) is 0.776. The molecular formula is C14H14BrClN2O2S. The lowest BCUT2D eigenvalue weighted by atomic mass is 10.2. The molecule has 0 aliphatic carbocycles. The number of sulfonamides is 1. The topological polar surface area (TPSA) is 72.2 Å². The molecular weight excluding hydrogens is 376 g/mol. The molecule has 0 amide bonds. The summed E-state index contributed by atoms with van der Waals surface area (Å²) in [5.41, 5.74) is 7.86. The van der Waals surface area contributed by atoms with Gasteiger partial charge in [0.15, 0.2) is 0 Å². The van der Waals surface area contributed by atoms with Crippen LogP contribution in [-0.4, -0.2) is 8.42 Å². The highest BCUT2D eigenvalue weighted by molar-refractivity contribution is 9.10. The molecule has 21 heavy (non-hydrogen) atoms. The summed E-state index contributed by atoms with van der Waals surface area (Å²) < 4.78 is 28.3. The number of benzene rings is 2. The van der Waals surface area contributed by atoms with Gasteiger partial charge in [0.25, 0.3) is 10.0 Å². The normalized spacial score (nSPS) is 11.4. The van der Waals surface area contributed by atoms with Crippen molar-refractivity contribution < 1.29 is 8.42 Å². The van der Waals surface area contributed by atoms with Gasteiger partial charge in [0.2, 0.25) is 0 Å². The molecule has 7 heteroatoms. The Morgan fingerprint density at radius 3 is 2.57 bits per heavy atom. The third-order valence-electron chi connectivity index (χ3n) is 3.10. The predicted molar refractivity (Wildman–Crippen MR) is 90.3 cm³/mol. The first kappa shape index (κ1) is 16.1. The molecule has 0 saturated heterocycles. The molecule has 3 N–H and O–H groups in total. The summed E-state index contributed by atoms with van der Waals surface area (Å²) in [6.45, 7) is 3.46. The third-order valence-corrected chi connectivity index (χ3v) is 5.70. The van der Waals surface area contributed by atoms with E-state index < -0.39 is 10.0 Å². The van der Waals surface area contributed by atoms with Gasteiger partial charge in [-0.2, -0.15) is 0 Å². The SMILES string of the molecule is Cc1cc(Br)c(N)cc1S(=O)(=O)Nc1cccc(Cl)c1C. The zero-order valence-corrected chi connectivity index (χ0v) is 14.6. The van der Waals surface area contributed by atoms with E-state index in [0.717, 1.165) is 0 Å². The Morgan fingerprint density at radius 2 is 1.90 bits per heavy atom. The number of nitrogens with one attached hydrogen (secondary N) is 1. The second-order valence-electron chi connectivity index (χ2n) is 4.66. The lowest BCUT2D eigenvalue weighted by Gasteiger charge is -2.14. The zero-order chi connectivity index (χ0) is 15.8. The average Bonchev–Trinajstić information content (AvgIpc) is 2.39. The maximum atomic E-state index is 12.5. The van der Waals surface area contributed by atoms with E-state index in [0.29, 0.717) is 32.0 Å². The van der Waals surface area contributed by atoms with E-state index in [1.807, 2.05) is 0 Å². The molecule has 2 rings (SSSR count). The molecule has 2 aromatic rings. The second kappa shape index (κ2) is 5.87. The highest BCUT2D eigenvalue weighted by atomic mass is 79.9. The molecule has 2 aromatic carbocycles. The first-order chi connectivity index (χ1) is 9.72. The van der Waals surface area contributed by atoms with Gasteiger partial charge in [-0.1, -0.05) is 17.7 Å². The predicted octanol–water partition coefficient (Wildman–Crippen LogP) is 4.10. The van der Waals surface area contributed by atoms with Crippen molar-refractivity contribution >= 4 is 48.9 Å². The van der Waals surface area contributed by atoms with Crippen LogP contribution in [0.1, 0.15) is 11.1 Å². The van der Waals surface area contributed by atoms with Gasteiger partial charge >= 0.3 is 0 Å². The molecule has 0 saturated carbocycles. The van der Waals surface area contributed by atoms with Crippen molar-refractivity contribution in [3.05, 3.63) is 51.0 Å². The molecule has 0 aliphatic heterocycles. The molecule has 0 fully saturated rings. The number of rotatable bonds is 3. The molecule has 0 aliphatic rings. The van der Waals surface area contributed by atoms with E-state index in [9.17, 15) is 8.42 Å². The molecule has 0 aromatic heterocycles. The van der Waals surface area contributed by atoms with Gasteiger partial charge < -0.3 is 5.73 Å². The molecule has 0 heterocycles. The Kier molecular flexibility index (Phi) is 4.51. The van der Waals surface area contributed by atoms with E-state index in [4.69, 9.17) is 17.3 Å². The number of halogens is 2. The fourth-order valence-electron chi connectivity index (χ4n) is 1.88. The largest absolute Gasteiger partial charge is 0.398 e. The summed E-state index contributed by atoms with van der Waals surface area (Å²) in [4.78, 5) is 0.141. The van der Waals surface area contributed by atoms with Crippen molar-refractivity contribution in [1.29, 1.82) is 0 Å². The Hall–Kier alpha value is -1.24. The van der Waals surface area contributed by atoms with Crippen molar-refractivity contribution in [3.8, 4) is 0 Å². The molecule has 0 bridgehead atoms. The van der Waals surface area contributed by atoms with Gasteiger partial charge in [-0.3, -0.25) is 4.72 Å². The highest BCUT2D eigenvalue weighted by Crippen LogP contribution is 2.29. The van der Waals surface area contributed by atoms with Gasteiger partial charge in [0.05, 0.1) is 10.6 Å². The van der Waals surface area contributed by atoms with Crippen molar-refractivity contribution in [1.82, 2.24) is 0 Å². The Balaban J connectivity index is 2.48. The van der Waals surface area contributed by atoms with Gasteiger partial charge in [0.1, 0.15) is 0 Å². The number of nitrogens with two attached hydrogens (primary N) is 1.